The van der Waals surface area contributed by atoms with Crippen LogP contribution in [0.4, 0.5) is 8.78 Å². The lowest BCUT2D eigenvalue weighted by atomic mass is 10.1. The minimum atomic E-state index is -0.386. The summed E-state index contributed by atoms with van der Waals surface area (Å²) in [6, 6.07) is 11.2. The Bertz CT molecular complexity index is 810. The zero-order valence-corrected chi connectivity index (χ0v) is 14.2. The van der Waals surface area contributed by atoms with Crippen LogP contribution in [0.2, 0.25) is 0 Å². The molecule has 0 aliphatic rings. The van der Waals surface area contributed by atoms with Crippen molar-refractivity contribution in [3.8, 4) is 6.07 Å². The molecule has 0 saturated carbocycles. The number of benzene rings is 2. The first-order chi connectivity index (χ1) is 12.0. The summed E-state index contributed by atoms with van der Waals surface area (Å²) in [5.74, 6) is -0.158. The SMILES string of the molecule is CCNC(=NCc1ccc(C)c(F)c1)NCc1cc(C#N)ccc1F. The molecule has 2 N–H and O–H groups in total. The van der Waals surface area contributed by atoms with Crippen LogP contribution >= 0.6 is 0 Å². The van der Waals surface area contributed by atoms with Crippen LogP contribution in [0.15, 0.2) is 41.4 Å². The molecule has 0 aromatic heterocycles. The molecule has 0 bridgehead atoms. The lowest BCUT2D eigenvalue weighted by Gasteiger charge is -2.12. The van der Waals surface area contributed by atoms with Crippen LogP contribution in [0.1, 0.15) is 29.2 Å². The molecule has 130 valence electrons. The van der Waals surface area contributed by atoms with Gasteiger partial charge in [0.25, 0.3) is 0 Å². The van der Waals surface area contributed by atoms with Crippen molar-refractivity contribution < 1.29 is 8.78 Å². The maximum Gasteiger partial charge on any atom is 0.191 e. The molecule has 2 aromatic carbocycles. The Morgan fingerprint density at radius 1 is 1.12 bits per heavy atom. The standard InChI is InChI=1S/C19H20F2N4/c1-3-23-19(24-11-15-5-4-13(2)18(21)9-15)25-12-16-8-14(10-22)6-7-17(16)20/h4-9H,3,11-12H2,1-2H3,(H2,23,24,25). The van der Waals surface area contributed by atoms with Crippen LogP contribution in [0, 0.1) is 29.9 Å². The first-order valence-electron chi connectivity index (χ1n) is 7.99. The molecule has 6 heteroatoms. The van der Waals surface area contributed by atoms with E-state index in [2.05, 4.69) is 15.6 Å². The van der Waals surface area contributed by atoms with E-state index in [-0.39, 0.29) is 18.2 Å². The summed E-state index contributed by atoms with van der Waals surface area (Å²) >= 11 is 0. The van der Waals surface area contributed by atoms with Gasteiger partial charge in [0.15, 0.2) is 5.96 Å². The molecular weight excluding hydrogens is 322 g/mol. The van der Waals surface area contributed by atoms with E-state index >= 15 is 0 Å². The van der Waals surface area contributed by atoms with Gasteiger partial charge >= 0.3 is 0 Å². The van der Waals surface area contributed by atoms with Gasteiger partial charge < -0.3 is 10.6 Å². The molecule has 0 unspecified atom stereocenters. The third-order valence-electron chi connectivity index (χ3n) is 3.62. The van der Waals surface area contributed by atoms with Crippen molar-refractivity contribution in [3.63, 3.8) is 0 Å². The van der Waals surface area contributed by atoms with Gasteiger partial charge in [-0.25, -0.2) is 13.8 Å². The summed E-state index contributed by atoms with van der Waals surface area (Å²) < 4.78 is 27.4. The lowest BCUT2D eigenvalue weighted by Crippen LogP contribution is -2.37. The van der Waals surface area contributed by atoms with Crippen molar-refractivity contribution in [2.75, 3.05) is 6.54 Å². The maximum absolute atomic E-state index is 13.8. The summed E-state index contributed by atoms with van der Waals surface area (Å²) in [4.78, 5) is 4.38. The summed E-state index contributed by atoms with van der Waals surface area (Å²) in [5.41, 5.74) is 2.12. The van der Waals surface area contributed by atoms with Gasteiger partial charge in [0.2, 0.25) is 0 Å². The Labute approximate surface area is 146 Å². The van der Waals surface area contributed by atoms with Gasteiger partial charge in [0, 0.05) is 18.7 Å². The monoisotopic (exact) mass is 342 g/mol. The third-order valence-corrected chi connectivity index (χ3v) is 3.62. The van der Waals surface area contributed by atoms with Gasteiger partial charge in [0.1, 0.15) is 11.6 Å². The predicted octanol–water partition coefficient (Wildman–Crippen LogP) is 3.40. The molecule has 0 amide bonds. The summed E-state index contributed by atoms with van der Waals surface area (Å²) in [7, 11) is 0. The minimum Gasteiger partial charge on any atom is -0.357 e. The first-order valence-corrected chi connectivity index (χ1v) is 7.99. The molecule has 2 aromatic rings. The van der Waals surface area contributed by atoms with Crippen molar-refractivity contribution in [1.29, 1.82) is 5.26 Å². The molecule has 0 spiro atoms. The Hall–Kier alpha value is -2.94. The number of rotatable bonds is 5. The predicted molar refractivity (Wildman–Crippen MR) is 93.9 cm³/mol. The van der Waals surface area contributed by atoms with E-state index in [4.69, 9.17) is 5.26 Å². The van der Waals surface area contributed by atoms with Gasteiger partial charge in [-0.15, -0.1) is 0 Å². The van der Waals surface area contributed by atoms with Crippen molar-refractivity contribution in [1.82, 2.24) is 10.6 Å². The van der Waals surface area contributed by atoms with Crippen LogP contribution in [0.5, 0.6) is 0 Å². The molecule has 0 saturated heterocycles. The van der Waals surface area contributed by atoms with E-state index in [0.29, 0.717) is 35.7 Å². The maximum atomic E-state index is 13.8. The summed E-state index contributed by atoms with van der Waals surface area (Å²) in [6.07, 6.45) is 0. The number of nitrogens with zero attached hydrogens (tertiary/aromatic N) is 2. The second-order valence-corrected chi connectivity index (χ2v) is 5.55. The molecule has 25 heavy (non-hydrogen) atoms. The fourth-order valence-corrected chi connectivity index (χ4v) is 2.21. The Morgan fingerprint density at radius 2 is 1.92 bits per heavy atom. The molecule has 0 fully saturated rings. The van der Waals surface area contributed by atoms with E-state index in [1.165, 1.54) is 24.3 Å². The molecule has 4 nitrogen and oxygen atoms in total. The smallest absolute Gasteiger partial charge is 0.191 e. The Balaban J connectivity index is 2.07. The van der Waals surface area contributed by atoms with Gasteiger partial charge in [-0.05, 0) is 49.2 Å². The average molecular weight is 342 g/mol. The largest absolute Gasteiger partial charge is 0.357 e. The average Bonchev–Trinajstić information content (AvgIpc) is 2.61. The molecular formula is C19H20F2N4. The van der Waals surface area contributed by atoms with Gasteiger partial charge in [-0.2, -0.15) is 5.26 Å². The van der Waals surface area contributed by atoms with Crippen molar-refractivity contribution in [2.45, 2.75) is 26.9 Å². The minimum absolute atomic E-state index is 0.190. The van der Waals surface area contributed by atoms with Crippen molar-refractivity contribution in [3.05, 3.63) is 70.3 Å². The fraction of sp³-hybridized carbons (Fsp3) is 0.263. The van der Waals surface area contributed by atoms with Gasteiger partial charge in [-0.1, -0.05) is 12.1 Å². The number of aliphatic imine (C=N–C) groups is 1. The number of nitriles is 1. The highest BCUT2D eigenvalue weighted by molar-refractivity contribution is 5.79. The zero-order valence-electron chi connectivity index (χ0n) is 14.2. The van der Waals surface area contributed by atoms with Crippen molar-refractivity contribution >= 4 is 5.96 Å². The van der Waals surface area contributed by atoms with E-state index in [9.17, 15) is 8.78 Å². The van der Waals surface area contributed by atoms with Gasteiger partial charge in [-0.3, -0.25) is 0 Å². The van der Waals surface area contributed by atoms with E-state index in [1.54, 1.807) is 13.0 Å². The van der Waals surface area contributed by atoms with Crippen LogP contribution in [-0.2, 0) is 13.1 Å². The quantitative estimate of drug-likeness (QED) is 0.647. The second kappa shape index (κ2) is 8.78. The summed E-state index contributed by atoms with van der Waals surface area (Å²) in [6.45, 7) is 4.75. The number of hydrogen-bond donors (Lipinski definition) is 2. The number of halogens is 2. The van der Waals surface area contributed by atoms with Crippen molar-refractivity contribution in [2.24, 2.45) is 4.99 Å². The van der Waals surface area contributed by atoms with Crippen LogP contribution in [0.3, 0.4) is 0 Å². The Kier molecular flexibility index (Phi) is 6.47. The number of guanidine groups is 1. The zero-order chi connectivity index (χ0) is 18.2. The molecule has 0 aliphatic carbocycles. The van der Waals surface area contributed by atoms with Crippen LogP contribution in [0.25, 0.3) is 0 Å². The molecule has 0 atom stereocenters. The second-order valence-electron chi connectivity index (χ2n) is 5.55. The topological polar surface area (TPSA) is 60.2 Å². The first kappa shape index (κ1) is 18.4. The van der Waals surface area contributed by atoms with Crippen LogP contribution < -0.4 is 10.6 Å². The van der Waals surface area contributed by atoms with Gasteiger partial charge in [0.05, 0.1) is 18.2 Å². The number of hydrogen-bond acceptors (Lipinski definition) is 2. The van der Waals surface area contributed by atoms with E-state index in [0.717, 1.165) is 5.56 Å². The highest BCUT2D eigenvalue weighted by atomic mass is 19.1. The van der Waals surface area contributed by atoms with Crippen LogP contribution in [-0.4, -0.2) is 12.5 Å². The fourth-order valence-electron chi connectivity index (χ4n) is 2.21. The number of aryl methyl sites for hydroxylation is 1. The normalized spacial score (nSPS) is 11.1. The Morgan fingerprint density at radius 3 is 2.60 bits per heavy atom. The van der Waals surface area contributed by atoms with E-state index in [1.807, 2.05) is 19.1 Å². The summed E-state index contributed by atoms with van der Waals surface area (Å²) in [5, 5.41) is 15.0. The highest BCUT2D eigenvalue weighted by Gasteiger charge is 2.06. The highest BCUT2D eigenvalue weighted by Crippen LogP contribution is 2.11. The number of nitrogens with one attached hydrogen (secondary N) is 2. The third kappa shape index (κ3) is 5.28. The molecule has 2 rings (SSSR count). The lowest BCUT2D eigenvalue weighted by molar-refractivity contribution is 0.604. The molecule has 0 radical (unpaired) electrons. The van der Waals surface area contributed by atoms with E-state index < -0.39 is 0 Å². The molecule has 0 heterocycles. The molecule has 0 aliphatic heterocycles.